The van der Waals surface area contributed by atoms with E-state index in [1.54, 1.807) is 0 Å². The number of benzene rings is 9. The molecule has 10 aromatic rings. The van der Waals surface area contributed by atoms with Crippen molar-refractivity contribution in [2.24, 2.45) is 0 Å². The molecule has 234 valence electrons. The van der Waals surface area contributed by atoms with E-state index in [1.807, 2.05) is 0 Å². The molecule has 0 radical (unpaired) electrons. The summed E-state index contributed by atoms with van der Waals surface area (Å²) in [7, 11) is 0. The average molecular weight is 638 g/mol. The van der Waals surface area contributed by atoms with E-state index in [-0.39, 0.29) is 0 Å². The minimum atomic E-state index is 0.863. The van der Waals surface area contributed by atoms with Gasteiger partial charge in [0.05, 0.1) is 5.69 Å². The van der Waals surface area contributed by atoms with Crippen LogP contribution in [0.25, 0.3) is 76.5 Å². The monoisotopic (exact) mass is 637 g/mol. The summed E-state index contributed by atoms with van der Waals surface area (Å²) >= 11 is 0. The Labute approximate surface area is 290 Å². The minimum Gasteiger partial charge on any atom is -0.453 e. The molecule has 2 nitrogen and oxygen atoms in total. The summed E-state index contributed by atoms with van der Waals surface area (Å²) in [6.07, 6.45) is 0. The lowest BCUT2D eigenvalue weighted by molar-refractivity contribution is 0.673. The summed E-state index contributed by atoms with van der Waals surface area (Å²) in [6.45, 7) is 0. The van der Waals surface area contributed by atoms with Gasteiger partial charge in [-0.1, -0.05) is 152 Å². The van der Waals surface area contributed by atoms with Crippen LogP contribution in [0.1, 0.15) is 0 Å². The van der Waals surface area contributed by atoms with Gasteiger partial charge in [-0.15, -0.1) is 0 Å². The molecule has 0 spiro atoms. The van der Waals surface area contributed by atoms with Crippen LogP contribution in [0.4, 0.5) is 17.1 Å². The van der Waals surface area contributed by atoms with Crippen molar-refractivity contribution in [3.63, 3.8) is 0 Å². The SMILES string of the molecule is c1ccc(-c2cccc(N(c3ccc4c(ccc5ccccc54)c3)c3cccc4c3oc3c5ccccc5c(-c5ccccc5)cc43)c2)cc1. The van der Waals surface area contributed by atoms with Gasteiger partial charge in [0.2, 0.25) is 0 Å². The molecule has 0 aliphatic heterocycles. The predicted octanol–water partition coefficient (Wildman–Crippen LogP) is 13.8. The normalized spacial score (nSPS) is 11.6. The molecule has 0 N–H and O–H groups in total. The zero-order valence-electron chi connectivity index (χ0n) is 27.3. The Morgan fingerprint density at radius 1 is 0.320 bits per heavy atom. The summed E-state index contributed by atoms with van der Waals surface area (Å²) in [5.41, 5.74) is 9.64. The Morgan fingerprint density at radius 2 is 0.920 bits per heavy atom. The number of nitrogens with zero attached hydrogens (tertiary/aromatic N) is 1. The standard InChI is InChI=1S/C48H31NO/c1-3-13-32(14-4-1)35-18-11-19-37(29-35)49(38-27-28-40-36(30-38)26-25-34-17-7-8-20-39(34)40)46-24-12-23-43-45-31-44(33-15-5-2-6-16-33)41-21-9-10-22-42(41)47(45)50-48(43)46/h1-31H. The fourth-order valence-corrected chi connectivity index (χ4v) is 7.66. The largest absolute Gasteiger partial charge is 0.453 e. The van der Waals surface area contributed by atoms with Gasteiger partial charge in [-0.2, -0.15) is 0 Å². The molecule has 0 atom stereocenters. The second-order valence-electron chi connectivity index (χ2n) is 12.9. The lowest BCUT2D eigenvalue weighted by atomic mass is 9.95. The number of hydrogen-bond donors (Lipinski definition) is 0. The smallest absolute Gasteiger partial charge is 0.159 e. The lowest BCUT2D eigenvalue weighted by Crippen LogP contribution is -2.10. The van der Waals surface area contributed by atoms with Crippen molar-refractivity contribution in [1.82, 2.24) is 0 Å². The number of hydrogen-bond acceptors (Lipinski definition) is 2. The molecule has 0 saturated heterocycles. The maximum absolute atomic E-state index is 7.03. The molecule has 0 amide bonds. The van der Waals surface area contributed by atoms with Gasteiger partial charge in [0.1, 0.15) is 5.58 Å². The first-order valence-corrected chi connectivity index (χ1v) is 17.1. The molecule has 1 heterocycles. The van der Waals surface area contributed by atoms with Crippen LogP contribution in [0.5, 0.6) is 0 Å². The Balaban J connectivity index is 1.25. The van der Waals surface area contributed by atoms with E-state index < -0.39 is 0 Å². The van der Waals surface area contributed by atoms with Gasteiger partial charge in [0.25, 0.3) is 0 Å². The van der Waals surface area contributed by atoms with Crippen molar-refractivity contribution in [3.05, 3.63) is 188 Å². The Bertz CT molecular complexity index is 2870. The minimum absolute atomic E-state index is 0.863. The number of furan rings is 1. The van der Waals surface area contributed by atoms with E-state index >= 15 is 0 Å². The van der Waals surface area contributed by atoms with E-state index in [1.165, 1.54) is 43.6 Å². The van der Waals surface area contributed by atoms with E-state index in [0.717, 1.165) is 50.0 Å². The van der Waals surface area contributed by atoms with Crippen molar-refractivity contribution in [3.8, 4) is 22.3 Å². The third kappa shape index (κ3) is 4.57. The molecular formula is C48H31NO. The van der Waals surface area contributed by atoms with Crippen LogP contribution in [-0.2, 0) is 0 Å². The molecule has 2 heteroatoms. The molecule has 0 unspecified atom stereocenters. The quantitative estimate of drug-likeness (QED) is 0.175. The second kappa shape index (κ2) is 11.5. The van der Waals surface area contributed by atoms with Crippen LogP contribution in [0.2, 0.25) is 0 Å². The van der Waals surface area contributed by atoms with Gasteiger partial charge in [-0.3, -0.25) is 0 Å². The zero-order chi connectivity index (χ0) is 33.0. The van der Waals surface area contributed by atoms with Crippen molar-refractivity contribution in [2.75, 3.05) is 4.90 Å². The van der Waals surface area contributed by atoms with Crippen LogP contribution < -0.4 is 4.90 Å². The van der Waals surface area contributed by atoms with E-state index in [2.05, 4.69) is 193 Å². The molecular weight excluding hydrogens is 607 g/mol. The van der Waals surface area contributed by atoms with E-state index in [9.17, 15) is 0 Å². The van der Waals surface area contributed by atoms with Crippen molar-refractivity contribution in [2.45, 2.75) is 0 Å². The first kappa shape index (κ1) is 28.4. The van der Waals surface area contributed by atoms with Crippen molar-refractivity contribution >= 4 is 71.3 Å². The fraction of sp³-hybridized carbons (Fsp3) is 0. The lowest BCUT2D eigenvalue weighted by Gasteiger charge is -2.26. The molecule has 0 bridgehead atoms. The zero-order valence-corrected chi connectivity index (χ0v) is 27.3. The van der Waals surface area contributed by atoms with Crippen LogP contribution >= 0.6 is 0 Å². The molecule has 0 fully saturated rings. The molecule has 0 saturated carbocycles. The van der Waals surface area contributed by atoms with Gasteiger partial charge in [0.15, 0.2) is 5.58 Å². The van der Waals surface area contributed by atoms with Crippen LogP contribution in [0, 0.1) is 0 Å². The highest BCUT2D eigenvalue weighted by atomic mass is 16.3. The summed E-state index contributed by atoms with van der Waals surface area (Å²) in [5, 5.41) is 9.44. The highest BCUT2D eigenvalue weighted by Crippen LogP contribution is 2.46. The van der Waals surface area contributed by atoms with Crippen molar-refractivity contribution < 1.29 is 4.42 Å². The maximum Gasteiger partial charge on any atom is 0.159 e. The summed E-state index contributed by atoms with van der Waals surface area (Å²) in [5.74, 6) is 0. The van der Waals surface area contributed by atoms with Gasteiger partial charge >= 0.3 is 0 Å². The maximum atomic E-state index is 7.03. The molecule has 10 rings (SSSR count). The highest BCUT2D eigenvalue weighted by molar-refractivity contribution is 6.21. The third-order valence-corrected chi connectivity index (χ3v) is 10.0. The highest BCUT2D eigenvalue weighted by Gasteiger charge is 2.22. The number of anilines is 3. The molecule has 50 heavy (non-hydrogen) atoms. The van der Waals surface area contributed by atoms with Crippen molar-refractivity contribution in [1.29, 1.82) is 0 Å². The topological polar surface area (TPSA) is 16.4 Å². The van der Waals surface area contributed by atoms with Gasteiger partial charge in [-0.25, -0.2) is 0 Å². The van der Waals surface area contributed by atoms with E-state index in [0.29, 0.717) is 0 Å². The molecule has 9 aromatic carbocycles. The Hall–Kier alpha value is -6.64. The Kier molecular flexibility index (Phi) is 6.53. The number of fused-ring (bicyclic) bond motifs is 8. The summed E-state index contributed by atoms with van der Waals surface area (Å²) < 4.78 is 7.03. The van der Waals surface area contributed by atoms with E-state index in [4.69, 9.17) is 4.42 Å². The number of para-hydroxylation sites is 1. The molecule has 0 aliphatic carbocycles. The fourth-order valence-electron chi connectivity index (χ4n) is 7.66. The molecule has 1 aromatic heterocycles. The predicted molar refractivity (Wildman–Crippen MR) is 212 cm³/mol. The van der Waals surface area contributed by atoms with Gasteiger partial charge in [-0.05, 0) is 85.6 Å². The second-order valence-corrected chi connectivity index (χ2v) is 12.9. The third-order valence-electron chi connectivity index (χ3n) is 10.0. The van der Waals surface area contributed by atoms with Crippen LogP contribution in [0.15, 0.2) is 192 Å². The molecule has 0 aliphatic rings. The van der Waals surface area contributed by atoms with Gasteiger partial charge < -0.3 is 9.32 Å². The first-order valence-electron chi connectivity index (χ1n) is 17.1. The van der Waals surface area contributed by atoms with Gasteiger partial charge in [0, 0.05) is 27.5 Å². The summed E-state index contributed by atoms with van der Waals surface area (Å²) in [6, 6.07) is 67.4. The Morgan fingerprint density at radius 3 is 1.76 bits per heavy atom. The van der Waals surface area contributed by atoms with Crippen LogP contribution in [-0.4, -0.2) is 0 Å². The number of rotatable bonds is 5. The average Bonchev–Trinajstić information content (AvgIpc) is 3.58. The first-order chi connectivity index (χ1) is 24.8. The summed E-state index contributed by atoms with van der Waals surface area (Å²) in [4.78, 5) is 2.35. The van der Waals surface area contributed by atoms with Crippen LogP contribution in [0.3, 0.4) is 0 Å².